The van der Waals surface area contributed by atoms with Crippen molar-refractivity contribution in [1.82, 2.24) is 14.7 Å². The molecule has 0 bridgehead atoms. The zero-order chi connectivity index (χ0) is 14.7. The number of rotatable bonds is 6. The number of methoxy groups -OCH3 is 1. The average molecular weight is 289 g/mol. The normalized spacial score (nSPS) is 19.4. The molecule has 0 N–H and O–H groups in total. The quantitative estimate of drug-likeness (QED) is 0.820. The summed E-state index contributed by atoms with van der Waals surface area (Å²) < 4.78 is 13.1. The summed E-state index contributed by atoms with van der Waals surface area (Å²) in [4.78, 5) is 2.48. The van der Waals surface area contributed by atoms with Crippen LogP contribution < -0.4 is 0 Å². The van der Waals surface area contributed by atoms with Gasteiger partial charge in [0.1, 0.15) is 18.1 Å². The summed E-state index contributed by atoms with van der Waals surface area (Å²) in [6.45, 7) is 5.62. The Labute approximate surface area is 125 Å². The molecule has 5 heteroatoms. The highest BCUT2D eigenvalue weighted by Crippen LogP contribution is 2.34. The van der Waals surface area contributed by atoms with Gasteiger partial charge in [-0.25, -0.2) is 0 Å². The van der Waals surface area contributed by atoms with Crippen LogP contribution in [0.2, 0.25) is 0 Å². The van der Waals surface area contributed by atoms with Gasteiger partial charge in [-0.1, -0.05) is 0 Å². The van der Waals surface area contributed by atoms with Crippen molar-refractivity contribution in [3.05, 3.63) is 41.6 Å². The second-order valence-electron chi connectivity index (χ2n) is 5.50. The van der Waals surface area contributed by atoms with Crippen LogP contribution in [-0.2, 0) is 24.4 Å². The van der Waals surface area contributed by atoms with Crippen molar-refractivity contribution in [2.24, 2.45) is 0 Å². The van der Waals surface area contributed by atoms with Crippen molar-refractivity contribution in [3.63, 3.8) is 0 Å². The predicted octanol–water partition coefficient (Wildman–Crippen LogP) is 2.98. The van der Waals surface area contributed by atoms with Gasteiger partial charge in [-0.2, -0.15) is 5.10 Å². The molecule has 2 aromatic heterocycles. The van der Waals surface area contributed by atoms with Gasteiger partial charge in [-0.05, 0) is 44.5 Å². The summed E-state index contributed by atoms with van der Waals surface area (Å²) >= 11 is 0. The molecule has 1 aliphatic heterocycles. The Balaban J connectivity index is 1.72. The zero-order valence-corrected chi connectivity index (χ0v) is 12.8. The standard InChI is InChI=1S/C16H23N3O2/c1-3-19-13(8-9-17-19)11-18-10-4-5-15(18)16-7-6-14(21-16)12-20-2/h6-9,15H,3-5,10-12H2,1-2H3. The van der Waals surface area contributed by atoms with Crippen LogP contribution in [-0.4, -0.2) is 28.3 Å². The van der Waals surface area contributed by atoms with Gasteiger partial charge in [0.2, 0.25) is 0 Å². The smallest absolute Gasteiger partial charge is 0.129 e. The molecule has 1 aliphatic rings. The summed E-state index contributed by atoms with van der Waals surface area (Å²) in [6, 6.07) is 6.59. The third kappa shape index (κ3) is 3.04. The van der Waals surface area contributed by atoms with E-state index in [0.717, 1.165) is 37.6 Å². The van der Waals surface area contributed by atoms with E-state index in [1.165, 1.54) is 12.1 Å². The van der Waals surface area contributed by atoms with Crippen LogP contribution in [0.3, 0.4) is 0 Å². The minimum Gasteiger partial charge on any atom is -0.462 e. The lowest BCUT2D eigenvalue weighted by atomic mass is 10.1. The number of nitrogens with zero attached hydrogens (tertiary/aromatic N) is 3. The van der Waals surface area contributed by atoms with E-state index >= 15 is 0 Å². The number of likely N-dealkylation sites (tertiary alicyclic amines) is 1. The SMILES string of the molecule is CCn1nccc1CN1CCCC1c1ccc(COC)o1. The van der Waals surface area contributed by atoms with Crippen LogP contribution >= 0.6 is 0 Å². The Morgan fingerprint density at radius 3 is 3.10 bits per heavy atom. The molecule has 0 spiro atoms. The molecule has 0 aromatic carbocycles. The topological polar surface area (TPSA) is 43.4 Å². The second kappa shape index (κ2) is 6.45. The van der Waals surface area contributed by atoms with E-state index in [9.17, 15) is 0 Å². The highest BCUT2D eigenvalue weighted by Gasteiger charge is 2.29. The molecule has 1 atom stereocenters. The molecule has 1 unspecified atom stereocenters. The van der Waals surface area contributed by atoms with E-state index in [0.29, 0.717) is 12.6 Å². The first-order valence-electron chi connectivity index (χ1n) is 7.64. The van der Waals surface area contributed by atoms with Gasteiger partial charge in [0.15, 0.2) is 0 Å². The summed E-state index contributed by atoms with van der Waals surface area (Å²) in [6.07, 6.45) is 4.25. The number of ether oxygens (including phenoxy) is 1. The Hall–Kier alpha value is -1.59. The van der Waals surface area contributed by atoms with E-state index < -0.39 is 0 Å². The van der Waals surface area contributed by atoms with Gasteiger partial charge in [0.05, 0.1) is 11.7 Å². The Kier molecular flexibility index (Phi) is 4.41. The fourth-order valence-corrected chi connectivity index (χ4v) is 3.12. The van der Waals surface area contributed by atoms with Gasteiger partial charge in [0, 0.05) is 26.4 Å². The molecule has 0 amide bonds. The van der Waals surface area contributed by atoms with Crippen molar-refractivity contribution in [2.45, 2.75) is 45.5 Å². The van der Waals surface area contributed by atoms with E-state index in [4.69, 9.17) is 9.15 Å². The van der Waals surface area contributed by atoms with E-state index in [1.54, 1.807) is 7.11 Å². The molecule has 0 aliphatic carbocycles. The first kappa shape index (κ1) is 14.4. The monoisotopic (exact) mass is 289 g/mol. The van der Waals surface area contributed by atoms with Crippen molar-refractivity contribution in [3.8, 4) is 0 Å². The molecule has 5 nitrogen and oxygen atoms in total. The number of aryl methyl sites for hydroxylation is 1. The van der Waals surface area contributed by atoms with E-state index in [2.05, 4.69) is 33.7 Å². The van der Waals surface area contributed by atoms with Crippen molar-refractivity contribution >= 4 is 0 Å². The Morgan fingerprint density at radius 2 is 2.29 bits per heavy atom. The van der Waals surface area contributed by atoms with Gasteiger partial charge in [0.25, 0.3) is 0 Å². The minimum atomic E-state index is 0.371. The van der Waals surface area contributed by atoms with Crippen LogP contribution in [0, 0.1) is 0 Å². The number of furan rings is 1. The fraction of sp³-hybridized carbons (Fsp3) is 0.562. The van der Waals surface area contributed by atoms with Gasteiger partial charge in [-0.3, -0.25) is 9.58 Å². The van der Waals surface area contributed by atoms with Crippen molar-refractivity contribution in [2.75, 3.05) is 13.7 Å². The average Bonchev–Trinajstić information content (AvgIpc) is 3.19. The highest BCUT2D eigenvalue weighted by molar-refractivity contribution is 5.13. The molecule has 1 fully saturated rings. The van der Waals surface area contributed by atoms with Crippen LogP contribution in [0.4, 0.5) is 0 Å². The van der Waals surface area contributed by atoms with Crippen molar-refractivity contribution < 1.29 is 9.15 Å². The zero-order valence-electron chi connectivity index (χ0n) is 12.8. The largest absolute Gasteiger partial charge is 0.462 e. The second-order valence-corrected chi connectivity index (χ2v) is 5.50. The molecule has 0 saturated carbocycles. The van der Waals surface area contributed by atoms with Crippen molar-refractivity contribution in [1.29, 1.82) is 0 Å². The third-order valence-electron chi connectivity index (χ3n) is 4.13. The highest BCUT2D eigenvalue weighted by atomic mass is 16.5. The molecule has 0 radical (unpaired) electrons. The van der Waals surface area contributed by atoms with Crippen LogP contribution in [0.1, 0.15) is 43.0 Å². The third-order valence-corrected chi connectivity index (χ3v) is 4.13. The van der Waals surface area contributed by atoms with E-state index in [-0.39, 0.29) is 0 Å². The predicted molar refractivity (Wildman–Crippen MR) is 79.7 cm³/mol. The van der Waals surface area contributed by atoms with Gasteiger partial charge in [-0.15, -0.1) is 0 Å². The summed E-state index contributed by atoms with van der Waals surface area (Å²) in [5, 5.41) is 4.35. The number of hydrogen-bond donors (Lipinski definition) is 0. The molecule has 3 heterocycles. The van der Waals surface area contributed by atoms with Crippen LogP contribution in [0.5, 0.6) is 0 Å². The first-order valence-corrected chi connectivity index (χ1v) is 7.64. The molecule has 3 rings (SSSR count). The lowest BCUT2D eigenvalue weighted by molar-refractivity contribution is 0.155. The van der Waals surface area contributed by atoms with Gasteiger partial charge >= 0.3 is 0 Å². The molecule has 114 valence electrons. The summed E-state index contributed by atoms with van der Waals surface area (Å²) in [5.74, 6) is 1.96. The maximum Gasteiger partial charge on any atom is 0.129 e. The molecular weight excluding hydrogens is 266 g/mol. The summed E-state index contributed by atoms with van der Waals surface area (Å²) in [5.41, 5.74) is 1.27. The lowest BCUT2D eigenvalue weighted by Gasteiger charge is -2.23. The van der Waals surface area contributed by atoms with E-state index in [1.807, 2.05) is 12.3 Å². The summed E-state index contributed by atoms with van der Waals surface area (Å²) in [7, 11) is 1.69. The maximum absolute atomic E-state index is 5.92. The fourth-order valence-electron chi connectivity index (χ4n) is 3.12. The molecule has 2 aromatic rings. The molecule has 1 saturated heterocycles. The lowest BCUT2D eigenvalue weighted by Crippen LogP contribution is -2.24. The van der Waals surface area contributed by atoms with Crippen LogP contribution in [0.15, 0.2) is 28.8 Å². The molecular formula is C16H23N3O2. The maximum atomic E-state index is 5.92. The number of hydrogen-bond acceptors (Lipinski definition) is 4. The Bertz CT molecular complexity index is 576. The minimum absolute atomic E-state index is 0.371. The van der Waals surface area contributed by atoms with Crippen LogP contribution in [0.25, 0.3) is 0 Å². The molecule has 21 heavy (non-hydrogen) atoms. The Morgan fingerprint density at radius 1 is 1.38 bits per heavy atom. The van der Waals surface area contributed by atoms with Gasteiger partial charge < -0.3 is 9.15 Å². The first-order chi connectivity index (χ1) is 10.3. The number of aromatic nitrogens is 2.